The molecule has 1 aliphatic carbocycles. The van der Waals surface area contributed by atoms with Gasteiger partial charge in [0.15, 0.2) is 0 Å². The van der Waals surface area contributed by atoms with E-state index in [0.717, 1.165) is 11.6 Å². The lowest BCUT2D eigenvalue weighted by Gasteiger charge is -2.17. The molecule has 2 heteroatoms. The van der Waals surface area contributed by atoms with Gasteiger partial charge in [-0.25, -0.2) is 0 Å². The van der Waals surface area contributed by atoms with Crippen molar-refractivity contribution in [3.05, 3.63) is 34.3 Å². The van der Waals surface area contributed by atoms with Crippen LogP contribution in [0.1, 0.15) is 31.0 Å². The van der Waals surface area contributed by atoms with Crippen molar-refractivity contribution in [2.75, 3.05) is 6.54 Å². The third kappa shape index (κ3) is 1.67. The fourth-order valence-corrected chi connectivity index (χ4v) is 2.52. The van der Waals surface area contributed by atoms with Gasteiger partial charge in [0.25, 0.3) is 0 Å². The Balaban J connectivity index is 2.34. The van der Waals surface area contributed by atoms with Crippen LogP contribution in [0.15, 0.2) is 18.2 Å². The molecule has 1 N–H and O–H groups in total. The molecule has 0 saturated carbocycles. The average Bonchev–Trinajstić information content (AvgIpc) is 2.45. The lowest BCUT2D eigenvalue weighted by atomic mass is 10.0. The minimum atomic E-state index is 0.494. The van der Waals surface area contributed by atoms with Gasteiger partial charge >= 0.3 is 0 Å². The molecule has 0 bridgehead atoms. The van der Waals surface area contributed by atoms with Gasteiger partial charge in [-0.2, -0.15) is 0 Å². The van der Waals surface area contributed by atoms with Gasteiger partial charge in [0, 0.05) is 11.1 Å². The first-order chi connectivity index (χ1) is 6.72. The summed E-state index contributed by atoms with van der Waals surface area (Å²) >= 11 is 6.01. The van der Waals surface area contributed by atoms with E-state index in [1.165, 1.54) is 17.5 Å². The topological polar surface area (TPSA) is 12.0 Å². The lowest BCUT2D eigenvalue weighted by Crippen LogP contribution is -2.23. The number of hydrogen-bond acceptors (Lipinski definition) is 1. The van der Waals surface area contributed by atoms with Crippen molar-refractivity contribution in [1.82, 2.24) is 5.32 Å². The zero-order valence-electron chi connectivity index (χ0n) is 8.68. The van der Waals surface area contributed by atoms with Crippen molar-refractivity contribution in [2.45, 2.75) is 26.3 Å². The Hall–Kier alpha value is -0.530. The molecule has 1 nitrogen and oxygen atoms in total. The minimum absolute atomic E-state index is 0.494. The van der Waals surface area contributed by atoms with E-state index in [2.05, 4.69) is 31.3 Å². The zero-order valence-corrected chi connectivity index (χ0v) is 9.43. The summed E-state index contributed by atoms with van der Waals surface area (Å²) < 4.78 is 0. The second-order valence-corrected chi connectivity index (χ2v) is 4.50. The molecule has 0 radical (unpaired) electrons. The van der Waals surface area contributed by atoms with Gasteiger partial charge in [0.2, 0.25) is 0 Å². The molecule has 1 aromatic rings. The highest BCUT2D eigenvalue weighted by Gasteiger charge is 2.28. The monoisotopic (exact) mass is 209 g/mol. The van der Waals surface area contributed by atoms with Gasteiger partial charge < -0.3 is 5.32 Å². The molecule has 2 rings (SSSR count). The predicted octanol–water partition coefficient (Wildman–Crippen LogP) is 3.18. The van der Waals surface area contributed by atoms with Crippen LogP contribution >= 0.6 is 11.6 Å². The van der Waals surface area contributed by atoms with Gasteiger partial charge in [-0.15, -0.1) is 0 Å². The summed E-state index contributed by atoms with van der Waals surface area (Å²) in [5.41, 5.74) is 2.85. The van der Waals surface area contributed by atoms with Gasteiger partial charge in [0.05, 0.1) is 0 Å². The van der Waals surface area contributed by atoms with Crippen LogP contribution in [0.25, 0.3) is 0 Å². The molecule has 2 unspecified atom stereocenters. The molecule has 0 aromatic heterocycles. The number of benzene rings is 1. The van der Waals surface area contributed by atoms with Crippen LogP contribution in [0.3, 0.4) is 0 Å². The molecule has 0 heterocycles. The summed E-state index contributed by atoms with van der Waals surface area (Å²) in [6, 6.07) is 6.74. The van der Waals surface area contributed by atoms with E-state index in [1.807, 2.05) is 6.07 Å². The summed E-state index contributed by atoms with van der Waals surface area (Å²) in [6.07, 6.45) is 1.17. The molecule has 0 saturated heterocycles. The highest BCUT2D eigenvalue weighted by molar-refractivity contribution is 6.30. The van der Waals surface area contributed by atoms with E-state index in [9.17, 15) is 0 Å². The van der Waals surface area contributed by atoms with Crippen LogP contribution in [-0.2, 0) is 6.42 Å². The number of rotatable bonds is 2. The van der Waals surface area contributed by atoms with Crippen molar-refractivity contribution in [3.8, 4) is 0 Å². The molecule has 0 aliphatic heterocycles. The molecule has 1 aromatic carbocycles. The standard InChI is InChI=1S/C12H16ClN/c1-3-14-12-8(2)6-9-4-5-10(13)7-11(9)12/h4-5,7-8,12,14H,3,6H2,1-2H3. The Bertz CT molecular complexity index is 335. The highest BCUT2D eigenvalue weighted by Crippen LogP contribution is 2.36. The first-order valence-electron chi connectivity index (χ1n) is 5.24. The molecule has 76 valence electrons. The second kappa shape index (κ2) is 3.92. The number of hydrogen-bond donors (Lipinski definition) is 1. The van der Waals surface area contributed by atoms with Crippen molar-refractivity contribution in [1.29, 1.82) is 0 Å². The van der Waals surface area contributed by atoms with E-state index in [0.29, 0.717) is 12.0 Å². The maximum Gasteiger partial charge on any atom is 0.0409 e. The fraction of sp³-hybridized carbons (Fsp3) is 0.500. The van der Waals surface area contributed by atoms with Gasteiger partial charge in [-0.3, -0.25) is 0 Å². The van der Waals surface area contributed by atoms with Crippen LogP contribution in [0, 0.1) is 5.92 Å². The first-order valence-corrected chi connectivity index (χ1v) is 5.62. The molecule has 0 fully saturated rings. The van der Waals surface area contributed by atoms with Gasteiger partial charge in [-0.1, -0.05) is 31.5 Å². The molecule has 2 atom stereocenters. The van der Waals surface area contributed by atoms with Gasteiger partial charge in [-0.05, 0) is 42.1 Å². The van der Waals surface area contributed by atoms with Gasteiger partial charge in [0.1, 0.15) is 0 Å². The van der Waals surface area contributed by atoms with E-state index in [-0.39, 0.29) is 0 Å². The van der Waals surface area contributed by atoms with Crippen molar-refractivity contribution < 1.29 is 0 Å². The summed E-state index contributed by atoms with van der Waals surface area (Å²) in [5, 5.41) is 4.37. The largest absolute Gasteiger partial charge is 0.310 e. The third-order valence-corrected chi connectivity index (χ3v) is 3.21. The first kappa shape index (κ1) is 10.0. The van der Waals surface area contributed by atoms with Crippen LogP contribution in [-0.4, -0.2) is 6.54 Å². The molecule has 0 amide bonds. The van der Waals surface area contributed by atoms with Crippen LogP contribution in [0.5, 0.6) is 0 Å². The lowest BCUT2D eigenvalue weighted by molar-refractivity contribution is 0.426. The van der Waals surface area contributed by atoms with E-state index in [4.69, 9.17) is 11.6 Å². The minimum Gasteiger partial charge on any atom is -0.310 e. The summed E-state index contributed by atoms with van der Waals surface area (Å²) in [6.45, 7) is 5.46. The Kier molecular flexibility index (Phi) is 2.80. The van der Waals surface area contributed by atoms with E-state index < -0.39 is 0 Å². The predicted molar refractivity (Wildman–Crippen MR) is 60.7 cm³/mol. The van der Waals surface area contributed by atoms with Crippen LogP contribution in [0.2, 0.25) is 5.02 Å². The molecule has 1 aliphatic rings. The smallest absolute Gasteiger partial charge is 0.0409 e. The Morgan fingerprint density at radius 2 is 2.29 bits per heavy atom. The summed E-state index contributed by atoms with van der Waals surface area (Å²) in [4.78, 5) is 0. The average molecular weight is 210 g/mol. The molecular weight excluding hydrogens is 194 g/mol. The zero-order chi connectivity index (χ0) is 10.1. The van der Waals surface area contributed by atoms with Crippen LogP contribution < -0.4 is 5.32 Å². The highest BCUT2D eigenvalue weighted by atomic mass is 35.5. The van der Waals surface area contributed by atoms with Crippen molar-refractivity contribution >= 4 is 11.6 Å². The molecular formula is C12H16ClN. The quantitative estimate of drug-likeness (QED) is 0.789. The third-order valence-electron chi connectivity index (χ3n) is 2.98. The second-order valence-electron chi connectivity index (χ2n) is 4.06. The Labute approximate surface area is 90.5 Å². The van der Waals surface area contributed by atoms with Crippen molar-refractivity contribution in [2.24, 2.45) is 5.92 Å². The molecule has 14 heavy (non-hydrogen) atoms. The normalized spacial score (nSPS) is 25.1. The summed E-state index contributed by atoms with van der Waals surface area (Å²) in [5.74, 6) is 0.684. The Morgan fingerprint density at radius 1 is 1.50 bits per heavy atom. The SMILES string of the molecule is CCNC1c2cc(Cl)ccc2CC1C. The number of fused-ring (bicyclic) bond motifs is 1. The number of halogens is 1. The van der Waals surface area contributed by atoms with Crippen LogP contribution in [0.4, 0.5) is 0 Å². The fourth-order valence-electron chi connectivity index (χ4n) is 2.34. The molecule has 0 spiro atoms. The van der Waals surface area contributed by atoms with E-state index >= 15 is 0 Å². The maximum atomic E-state index is 6.01. The summed E-state index contributed by atoms with van der Waals surface area (Å²) in [7, 11) is 0. The Morgan fingerprint density at radius 3 is 3.00 bits per heavy atom. The maximum absolute atomic E-state index is 6.01. The van der Waals surface area contributed by atoms with E-state index in [1.54, 1.807) is 0 Å². The van der Waals surface area contributed by atoms with Crippen molar-refractivity contribution in [3.63, 3.8) is 0 Å². The number of nitrogens with one attached hydrogen (secondary N) is 1.